The van der Waals surface area contributed by atoms with E-state index < -0.39 is 10.0 Å². The Morgan fingerprint density at radius 1 is 1.44 bits per heavy atom. The average molecular weight is 349 g/mol. The van der Waals surface area contributed by atoms with E-state index in [1.54, 1.807) is 23.7 Å². The lowest BCUT2D eigenvalue weighted by Gasteiger charge is -2.07. The van der Waals surface area contributed by atoms with Crippen LogP contribution in [-0.4, -0.2) is 20.5 Å². The molecule has 0 fully saturated rings. The number of rotatable bonds is 4. The van der Waals surface area contributed by atoms with Gasteiger partial charge in [0.05, 0.1) is 19.0 Å². The summed E-state index contributed by atoms with van der Waals surface area (Å²) in [7, 11) is -2.21. The van der Waals surface area contributed by atoms with Gasteiger partial charge in [0.15, 0.2) is 4.21 Å². The zero-order chi connectivity index (χ0) is 13.2. The van der Waals surface area contributed by atoms with Crippen LogP contribution in [0.25, 0.3) is 0 Å². The number of thiophene rings is 1. The number of methoxy groups -OCH3 is 1. The molecule has 0 aliphatic heterocycles. The van der Waals surface area contributed by atoms with Crippen molar-refractivity contribution in [3.05, 3.63) is 34.4 Å². The molecule has 0 aromatic carbocycles. The van der Waals surface area contributed by atoms with Crippen LogP contribution in [0.4, 0.5) is 5.69 Å². The summed E-state index contributed by atoms with van der Waals surface area (Å²) in [5.41, 5.74) is 0.389. The molecule has 0 amide bonds. The van der Waals surface area contributed by atoms with E-state index in [4.69, 9.17) is 4.74 Å². The molecule has 2 heterocycles. The van der Waals surface area contributed by atoms with Crippen molar-refractivity contribution in [2.75, 3.05) is 11.8 Å². The SMILES string of the molecule is COc1ccsc1S(=O)(=O)Nc1cncc(Br)c1. The summed E-state index contributed by atoms with van der Waals surface area (Å²) in [5, 5.41) is 1.66. The summed E-state index contributed by atoms with van der Waals surface area (Å²) in [6, 6.07) is 3.24. The number of halogens is 1. The lowest BCUT2D eigenvalue weighted by Crippen LogP contribution is -2.12. The molecule has 0 bridgehead atoms. The number of hydrogen-bond acceptors (Lipinski definition) is 5. The van der Waals surface area contributed by atoms with E-state index in [1.807, 2.05) is 0 Å². The maximum Gasteiger partial charge on any atom is 0.275 e. The zero-order valence-corrected chi connectivity index (χ0v) is 12.5. The zero-order valence-electron chi connectivity index (χ0n) is 9.25. The van der Waals surface area contributed by atoms with Crippen molar-refractivity contribution in [3.8, 4) is 5.75 Å². The minimum atomic E-state index is -3.65. The quantitative estimate of drug-likeness (QED) is 0.922. The Kier molecular flexibility index (Phi) is 3.88. The highest BCUT2D eigenvalue weighted by molar-refractivity contribution is 9.10. The fourth-order valence-electron chi connectivity index (χ4n) is 1.30. The van der Waals surface area contributed by atoms with Gasteiger partial charge in [0.1, 0.15) is 5.75 Å². The summed E-state index contributed by atoms with van der Waals surface area (Å²) in [5.74, 6) is 0.329. The van der Waals surface area contributed by atoms with Crippen molar-refractivity contribution in [2.24, 2.45) is 0 Å². The number of aromatic nitrogens is 1. The molecule has 2 aromatic heterocycles. The van der Waals surface area contributed by atoms with Gasteiger partial charge in [-0.3, -0.25) is 9.71 Å². The number of hydrogen-bond donors (Lipinski definition) is 1. The van der Waals surface area contributed by atoms with Crippen molar-refractivity contribution in [1.82, 2.24) is 4.98 Å². The molecule has 18 heavy (non-hydrogen) atoms. The van der Waals surface area contributed by atoms with Crippen LogP contribution < -0.4 is 9.46 Å². The molecule has 0 radical (unpaired) electrons. The number of pyridine rings is 1. The van der Waals surface area contributed by atoms with E-state index >= 15 is 0 Å². The Morgan fingerprint density at radius 2 is 2.22 bits per heavy atom. The van der Waals surface area contributed by atoms with Crippen LogP contribution in [0, 0.1) is 0 Å². The molecule has 2 rings (SSSR count). The van der Waals surface area contributed by atoms with Crippen LogP contribution in [0.5, 0.6) is 5.75 Å². The standard InChI is InChI=1S/C10H9BrN2O3S2/c1-16-9-2-3-17-10(9)18(14,15)13-8-4-7(11)5-12-6-8/h2-6,13H,1H3. The predicted molar refractivity (Wildman–Crippen MR) is 73.6 cm³/mol. The minimum absolute atomic E-state index is 0.143. The lowest BCUT2D eigenvalue weighted by molar-refractivity contribution is 0.406. The van der Waals surface area contributed by atoms with E-state index in [0.717, 1.165) is 11.3 Å². The average Bonchev–Trinajstić information content (AvgIpc) is 2.77. The van der Waals surface area contributed by atoms with Gasteiger partial charge >= 0.3 is 0 Å². The van der Waals surface area contributed by atoms with Crippen LogP contribution in [0.1, 0.15) is 0 Å². The number of anilines is 1. The third-order valence-electron chi connectivity index (χ3n) is 2.02. The Morgan fingerprint density at radius 3 is 2.89 bits per heavy atom. The highest BCUT2D eigenvalue weighted by Crippen LogP contribution is 2.31. The second-order valence-electron chi connectivity index (χ2n) is 3.27. The summed E-state index contributed by atoms with van der Waals surface area (Å²) in [6.07, 6.45) is 3.01. The fourth-order valence-corrected chi connectivity index (χ4v) is 3.98. The lowest BCUT2D eigenvalue weighted by atomic mass is 10.4. The van der Waals surface area contributed by atoms with Crippen molar-refractivity contribution < 1.29 is 13.2 Å². The first kappa shape index (κ1) is 13.3. The maximum absolute atomic E-state index is 12.1. The van der Waals surface area contributed by atoms with Crippen LogP contribution in [-0.2, 0) is 10.0 Å². The Labute approximate surface area is 117 Å². The molecule has 0 atom stereocenters. The van der Waals surface area contributed by atoms with Gasteiger partial charge in [0, 0.05) is 10.7 Å². The maximum atomic E-state index is 12.1. The van der Waals surface area contributed by atoms with Gasteiger partial charge in [-0.2, -0.15) is 0 Å². The topological polar surface area (TPSA) is 68.3 Å². The van der Waals surface area contributed by atoms with Crippen LogP contribution in [0.2, 0.25) is 0 Å². The second kappa shape index (κ2) is 5.25. The summed E-state index contributed by atoms with van der Waals surface area (Å²) in [6.45, 7) is 0. The molecule has 2 aromatic rings. The van der Waals surface area contributed by atoms with Gasteiger partial charge in [-0.25, -0.2) is 8.42 Å². The van der Waals surface area contributed by atoms with Crippen LogP contribution in [0.3, 0.4) is 0 Å². The van der Waals surface area contributed by atoms with E-state index in [1.165, 1.54) is 13.3 Å². The van der Waals surface area contributed by atoms with Gasteiger partial charge in [-0.15, -0.1) is 11.3 Å². The van der Waals surface area contributed by atoms with Crippen molar-refractivity contribution in [1.29, 1.82) is 0 Å². The second-order valence-corrected chi connectivity index (χ2v) is 6.98. The molecule has 0 unspecified atom stereocenters. The molecular weight excluding hydrogens is 340 g/mol. The summed E-state index contributed by atoms with van der Waals surface area (Å²) < 4.78 is 32.5. The van der Waals surface area contributed by atoms with E-state index in [-0.39, 0.29) is 4.21 Å². The molecule has 0 saturated carbocycles. The van der Waals surface area contributed by atoms with Crippen molar-refractivity contribution in [2.45, 2.75) is 4.21 Å². The van der Waals surface area contributed by atoms with E-state index in [2.05, 4.69) is 25.6 Å². The Balaban J connectivity index is 2.33. The highest BCUT2D eigenvalue weighted by Gasteiger charge is 2.21. The fraction of sp³-hybridized carbons (Fsp3) is 0.100. The van der Waals surface area contributed by atoms with Gasteiger partial charge in [-0.05, 0) is 33.4 Å². The summed E-state index contributed by atoms with van der Waals surface area (Å²) in [4.78, 5) is 3.89. The van der Waals surface area contributed by atoms with Crippen molar-refractivity contribution in [3.63, 3.8) is 0 Å². The molecule has 1 N–H and O–H groups in total. The predicted octanol–water partition coefficient (Wildman–Crippen LogP) is 2.72. The highest BCUT2D eigenvalue weighted by atomic mass is 79.9. The Hall–Kier alpha value is -1.12. The van der Waals surface area contributed by atoms with Gasteiger partial charge in [-0.1, -0.05) is 0 Å². The van der Waals surface area contributed by atoms with Gasteiger partial charge in [0.2, 0.25) is 0 Å². The van der Waals surface area contributed by atoms with E-state index in [9.17, 15) is 8.42 Å². The largest absolute Gasteiger partial charge is 0.494 e. The number of nitrogens with one attached hydrogen (secondary N) is 1. The molecule has 0 saturated heterocycles. The molecule has 8 heteroatoms. The number of nitrogens with zero attached hydrogens (tertiary/aromatic N) is 1. The van der Waals surface area contributed by atoms with Gasteiger partial charge in [0.25, 0.3) is 10.0 Å². The molecule has 0 spiro atoms. The molecular formula is C10H9BrN2O3S2. The van der Waals surface area contributed by atoms with Gasteiger partial charge < -0.3 is 4.74 Å². The normalized spacial score (nSPS) is 11.2. The van der Waals surface area contributed by atoms with Crippen molar-refractivity contribution >= 4 is 43.0 Å². The monoisotopic (exact) mass is 348 g/mol. The van der Waals surface area contributed by atoms with E-state index in [0.29, 0.717) is 15.9 Å². The molecule has 5 nitrogen and oxygen atoms in total. The smallest absolute Gasteiger partial charge is 0.275 e. The first-order valence-corrected chi connectivity index (χ1v) is 7.93. The Bertz CT molecular complexity index is 655. The van der Waals surface area contributed by atoms with Crippen LogP contribution in [0.15, 0.2) is 38.6 Å². The first-order valence-electron chi connectivity index (χ1n) is 4.78. The molecule has 0 aliphatic rings. The third-order valence-corrected chi connectivity index (χ3v) is 5.28. The minimum Gasteiger partial charge on any atom is -0.494 e. The molecule has 96 valence electrons. The number of sulfonamides is 1. The van der Waals surface area contributed by atoms with Crippen LogP contribution >= 0.6 is 27.3 Å². The molecule has 0 aliphatic carbocycles. The third kappa shape index (κ3) is 2.82. The first-order chi connectivity index (χ1) is 8.53. The summed E-state index contributed by atoms with van der Waals surface area (Å²) >= 11 is 4.32. The number of ether oxygens (including phenoxy) is 1.